The number of aromatic amines is 1. The van der Waals surface area contributed by atoms with E-state index in [1.807, 2.05) is 91.0 Å². The molecule has 5 aromatic rings. The van der Waals surface area contributed by atoms with E-state index in [0.717, 1.165) is 59.0 Å². The average Bonchev–Trinajstić information content (AvgIpc) is 3.21. The molecule has 1 aromatic heterocycles. The van der Waals surface area contributed by atoms with Crippen molar-refractivity contribution in [1.29, 1.82) is 0 Å². The molecule has 1 saturated heterocycles. The molecule has 6 rings (SSSR count). The van der Waals surface area contributed by atoms with Crippen LogP contribution in [0.1, 0.15) is 66.8 Å². The zero-order chi connectivity index (χ0) is 42.0. The van der Waals surface area contributed by atoms with E-state index in [1.165, 1.54) is 0 Å². The first-order chi connectivity index (χ1) is 28.3. The van der Waals surface area contributed by atoms with Crippen molar-refractivity contribution in [3.63, 3.8) is 0 Å². The van der Waals surface area contributed by atoms with Gasteiger partial charge in [0.2, 0.25) is 5.56 Å². The number of para-hydroxylation sites is 1. The van der Waals surface area contributed by atoms with Crippen molar-refractivity contribution in [2.45, 2.75) is 77.1 Å². The lowest BCUT2D eigenvalue weighted by molar-refractivity contribution is 0.0587. The van der Waals surface area contributed by atoms with Crippen LogP contribution in [0.15, 0.2) is 112 Å². The molecule has 0 unspecified atom stereocenters. The average molecular weight is 883 g/mol. The van der Waals surface area contributed by atoms with Gasteiger partial charge in [-0.2, -0.15) is 0 Å². The highest BCUT2D eigenvalue weighted by Gasteiger charge is 2.40. The van der Waals surface area contributed by atoms with Gasteiger partial charge in [-0.25, -0.2) is 4.79 Å². The Kier molecular flexibility index (Phi) is 14.8. The van der Waals surface area contributed by atoms with Crippen LogP contribution in [-0.2, 0) is 22.3 Å². The maximum absolute atomic E-state index is 13.0. The number of hydrogen-bond donors (Lipinski definition) is 4. The second kappa shape index (κ2) is 20.0. The number of amides is 2. The number of carbonyl (C=O) groups excluding carboxylic acids is 2. The van der Waals surface area contributed by atoms with Crippen molar-refractivity contribution in [3.8, 4) is 5.75 Å². The van der Waals surface area contributed by atoms with E-state index >= 15 is 0 Å². The van der Waals surface area contributed by atoms with E-state index in [4.69, 9.17) is 13.9 Å². The van der Waals surface area contributed by atoms with E-state index in [0.29, 0.717) is 48.8 Å². The summed E-state index contributed by atoms with van der Waals surface area (Å²) in [4.78, 5) is 43.3. The number of anilines is 1. The molecular weight excluding hydrogens is 827 g/mol. The molecule has 0 aliphatic carbocycles. The summed E-state index contributed by atoms with van der Waals surface area (Å²) in [5.41, 5.74) is 4.79. The minimum absolute atomic E-state index is 0.0171. The zero-order valence-corrected chi connectivity index (χ0v) is 37.2. The number of likely N-dealkylation sites (tertiary alicyclic amines) is 1. The molecule has 0 spiro atoms. The molecular formula is C46H56BrN5O6Si. The minimum atomic E-state index is -2.23. The summed E-state index contributed by atoms with van der Waals surface area (Å²) in [7, 11) is -2.23. The van der Waals surface area contributed by atoms with Crippen LogP contribution in [0.5, 0.6) is 5.75 Å². The Morgan fingerprint density at radius 2 is 1.61 bits per heavy atom. The quantitative estimate of drug-likeness (QED) is 0.0722. The fourth-order valence-electron chi connectivity index (χ4n) is 6.79. The lowest BCUT2D eigenvalue weighted by atomic mass is 10.0. The first-order valence-electron chi connectivity index (χ1n) is 20.3. The van der Waals surface area contributed by atoms with Crippen molar-refractivity contribution < 1.29 is 23.5 Å². The SMILES string of the molecule is CC(C)(C)[Si](C)(C)O[C@H](CNCc1ccc(C(=O)NCCN2CCC(OC(=O)Nc3ccccc3Br)CC2)cc1)c1ccc(OCc2ccccc2)c2[nH]c(=O)ccc12. The van der Waals surface area contributed by atoms with Crippen LogP contribution in [0.3, 0.4) is 0 Å². The number of hydrogen-bond acceptors (Lipinski definition) is 8. The van der Waals surface area contributed by atoms with Crippen molar-refractivity contribution in [3.05, 3.63) is 140 Å². The van der Waals surface area contributed by atoms with Crippen LogP contribution in [-0.4, -0.2) is 69.0 Å². The number of aromatic nitrogens is 1. The van der Waals surface area contributed by atoms with Gasteiger partial charge in [0.25, 0.3) is 5.91 Å². The van der Waals surface area contributed by atoms with Crippen LogP contribution in [0.4, 0.5) is 10.5 Å². The van der Waals surface area contributed by atoms with Gasteiger partial charge in [-0.05, 0) is 100.0 Å². The molecule has 1 atom stereocenters. The fraction of sp³-hybridized carbons (Fsp3) is 0.370. The molecule has 1 fully saturated rings. The van der Waals surface area contributed by atoms with E-state index in [9.17, 15) is 14.4 Å². The molecule has 59 heavy (non-hydrogen) atoms. The predicted octanol–water partition coefficient (Wildman–Crippen LogP) is 9.17. The molecule has 0 saturated carbocycles. The Labute approximate surface area is 356 Å². The Morgan fingerprint density at radius 1 is 0.898 bits per heavy atom. The molecule has 1 aliphatic heterocycles. The van der Waals surface area contributed by atoms with E-state index in [-0.39, 0.29) is 28.7 Å². The molecule has 1 aliphatic rings. The molecule has 312 valence electrons. The molecule has 0 bridgehead atoms. The first-order valence-corrected chi connectivity index (χ1v) is 24.0. The highest BCUT2D eigenvalue weighted by atomic mass is 79.9. The summed E-state index contributed by atoms with van der Waals surface area (Å²) in [5, 5.41) is 10.3. The standard InChI is InChI=1S/C46H56BrN5O6Si/c1-46(2,3)59(4,5)58-41(36-19-21-40(43-37(36)20-22-42(53)51-43)56-31-33-11-7-6-8-12-33)30-48-29-32-15-17-34(18-16-32)44(54)49-25-28-52-26-23-35(24-27-52)57-45(55)50-39-14-10-9-13-38(39)47/h6-22,35,41,48H,23-31H2,1-5H3,(H,49,54)(H,50,55)(H,51,53)/t41-/m1/s1. The number of fused-ring (bicyclic) bond motifs is 1. The Hall–Kier alpha value is -4.79. The van der Waals surface area contributed by atoms with E-state index in [2.05, 4.69) is 81.7 Å². The molecule has 4 aromatic carbocycles. The van der Waals surface area contributed by atoms with Gasteiger partial charge in [-0.3, -0.25) is 14.9 Å². The van der Waals surface area contributed by atoms with Crippen LogP contribution in [0, 0.1) is 0 Å². The number of benzene rings is 4. The second-order valence-electron chi connectivity index (χ2n) is 16.5. The number of nitrogens with zero attached hydrogens (tertiary/aromatic N) is 1. The smallest absolute Gasteiger partial charge is 0.411 e. The number of rotatable bonds is 16. The molecule has 2 heterocycles. The van der Waals surface area contributed by atoms with Gasteiger partial charge in [-0.1, -0.05) is 81.4 Å². The third kappa shape index (κ3) is 12.1. The third-order valence-electron chi connectivity index (χ3n) is 11.2. The number of H-pyrrole nitrogens is 1. The Bertz CT molecular complexity index is 2240. The molecule has 11 nitrogen and oxygen atoms in total. The van der Waals surface area contributed by atoms with E-state index < -0.39 is 14.4 Å². The highest BCUT2D eigenvalue weighted by Crippen LogP contribution is 2.41. The van der Waals surface area contributed by atoms with Gasteiger partial charge in [-0.15, -0.1) is 0 Å². The molecule has 2 amide bonds. The van der Waals surface area contributed by atoms with Crippen LogP contribution in [0.25, 0.3) is 10.9 Å². The zero-order valence-electron chi connectivity index (χ0n) is 34.6. The lowest BCUT2D eigenvalue weighted by Gasteiger charge is -2.39. The number of halogens is 1. The lowest BCUT2D eigenvalue weighted by Crippen LogP contribution is -2.43. The topological polar surface area (TPSA) is 134 Å². The summed E-state index contributed by atoms with van der Waals surface area (Å²) >= 11 is 3.44. The van der Waals surface area contributed by atoms with E-state index in [1.54, 1.807) is 6.07 Å². The van der Waals surface area contributed by atoms with Gasteiger partial charge >= 0.3 is 6.09 Å². The number of piperidine rings is 1. The number of pyridine rings is 1. The summed E-state index contributed by atoms with van der Waals surface area (Å²) < 4.78 is 19.8. The van der Waals surface area contributed by atoms with Gasteiger partial charge in [0.15, 0.2) is 8.32 Å². The van der Waals surface area contributed by atoms with Crippen LogP contribution < -0.4 is 26.2 Å². The minimum Gasteiger partial charge on any atom is -0.487 e. The Morgan fingerprint density at radius 3 is 2.32 bits per heavy atom. The maximum Gasteiger partial charge on any atom is 0.411 e. The molecule has 13 heteroatoms. The molecule has 4 N–H and O–H groups in total. The van der Waals surface area contributed by atoms with Gasteiger partial charge < -0.3 is 34.4 Å². The summed E-state index contributed by atoms with van der Waals surface area (Å²) in [6.45, 7) is 15.5. The highest BCUT2D eigenvalue weighted by molar-refractivity contribution is 9.10. The monoisotopic (exact) mass is 881 g/mol. The van der Waals surface area contributed by atoms with Crippen molar-refractivity contribution in [2.75, 3.05) is 38.0 Å². The maximum atomic E-state index is 13.0. The van der Waals surface area contributed by atoms with Gasteiger partial charge in [0.1, 0.15) is 18.5 Å². The fourth-order valence-corrected chi connectivity index (χ4v) is 8.45. The number of nitrogens with one attached hydrogen (secondary N) is 4. The normalized spacial score (nSPS) is 14.5. The summed E-state index contributed by atoms with van der Waals surface area (Å²) in [6, 6.07) is 32.4. The van der Waals surface area contributed by atoms with Crippen molar-refractivity contribution >= 4 is 52.8 Å². The van der Waals surface area contributed by atoms with Crippen molar-refractivity contribution in [2.24, 2.45) is 0 Å². The molecule has 0 radical (unpaired) electrons. The second-order valence-corrected chi connectivity index (χ2v) is 22.2. The van der Waals surface area contributed by atoms with Gasteiger partial charge in [0.05, 0.1) is 17.3 Å². The Balaban J connectivity index is 1.01. The third-order valence-corrected chi connectivity index (χ3v) is 16.4. The first kappa shape index (κ1) is 43.8. The van der Waals surface area contributed by atoms with Crippen LogP contribution >= 0.6 is 15.9 Å². The number of carbonyl (C=O) groups is 2. The van der Waals surface area contributed by atoms with Gasteiger partial charge in [0, 0.05) is 60.8 Å². The largest absolute Gasteiger partial charge is 0.487 e. The van der Waals surface area contributed by atoms with Crippen LogP contribution in [0.2, 0.25) is 18.1 Å². The number of ether oxygens (including phenoxy) is 2. The summed E-state index contributed by atoms with van der Waals surface area (Å²) in [6.07, 6.45) is 0.589. The summed E-state index contributed by atoms with van der Waals surface area (Å²) in [5.74, 6) is 0.495. The predicted molar refractivity (Wildman–Crippen MR) is 241 cm³/mol. The van der Waals surface area contributed by atoms with Crippen molar-refractivity contribution in [1.82, 2.24) is 20.5 Å².